The fourth-order valence-corrected chi connectivity index (χ4v) is 2.20. The van der Waals surface area contributed by atoms with Crippen LogP contribution in [0.2, 0.25) is 5.02 Å². The third-order valence-electron chi connectivity index (χ3n) is 3.08. The van der Waals surface area contributed by atoms with Gasteiger partial charge in [0, 0.05) is 5.02 Å². The minimum atomic E-state index is -0.528. The number of halogens is 1. The molecule has 2 aromatic carbocycles. The van der Waals surface area contributed by atoms with Crippen molar-refractivity contribution in [2.45, 2.75) is 6.92 Å². The lowest BCUT2D eigenvalue weighted by Gasteiger charge is -2.12. The Morgan fingerprint density at radius 3 is 2.57 bits per heavy atom. The average molecular weight is 334 g/mol. The Labute approximate surface area is 139 Å². The quantitative estimate of drug-likeness (QED) is 0.846. The number of methoxy groups -OCH3 is 1. The van der Waals surface area contributed by atoms with Crippen LogP contribution in [0.25, 0.3) is 0 Å². The summed E-state index contributed by atoms with van der Waals surface area (Å²) in [5.41, 5.74) is 0.871. The van der Waals surface area contributed by atoms with Crippen molar-refractivity contribution in [2.75, 3.05) is 19.0 Å². The van der Waals surface area contributed by atoms with Gasteiger partial charge in [-0.15, -0.1) is 0 Å². The van der Waals surface area contributed by atoms with Crippen LogP contribution >= 0.6 is 11.6 Å². The number of anilines is 1. The zero-order valence-corrected chi connectivity index (χ0v) is 13.5. The van der Waals surface area contributed by atoms with E-state index in [1.165, 1.54) is 19.2 Å². The van der Waals surface area contributed by atoms with Gasteiger partial charge in [-0.3, -0.25) is 4.79 Å². The molecule has 2 aromatic rings. The van der Waals surface area contributed by atoms with Crippen LogP contribution in [0.5, 0.6) is 5.75 Å². The summed E-state index contributed by atoms with van der Waals surface area (Å²) >= 11 is 5.96. The van der Waals surface area contributed by atoms with E-state index in [2.05, 4.69) is 5.32 Å². The van der Waals surface area contributed by atoms with Crippen LogP contribution < -0.4 is 10.1 Å². The maximum Gasteiger partial charge on any atom is 0.340 e. The molecule has 0 aliphatic heterocycles. The first-order valence-electron chi connectivity index (χ1n) is 6.97. The standard InChI is InChI=1S/C17H16ClNO4/c1-3-23-17(21)12-9-8-11(18)10-14(12)19-16(20)13-6-4-5-7-15(13)22-2/h4-10H,3H2,1-2H3,(H,19,20). The van der Waals surface area contributed by atoms with Gasteiger partial charge in [0.15, 0.2) is 0 Å². The molecule has 0 unspecified atom stereocenters. The third kappa shape index (κ3) is 4.02. The Bertz CT molecular complexity index is 730. The van der Waals surface area contributed by atoms with E-state index in [1.807, 2.05) is 0 Å². The van der Waals surface area contributed by atoms with Gasteiger partial charge in [-0.25, -0.2) is 4.79 Å². The normalized spacial score (nSPS) is 10.0. The van der Waals surface area contributed by atoms with Crippen molar-refractivity contribution in [3.8, 4) is 5.75 Å². The van der Waals surface area contributed by atoms with Crippen molar-refractivity contribution in [3.05, 3.63) is 58.6 Å². The number of benzene rings is 2. The highest BCUT2D eigenvalue weighted by Crippen LogP contribution is 2.24. The molecule has 0 saturated carbocycles. The number of hydrogen-bond acceptors (Lipinski definition) is 4. The maximum atomic E-state index is 12.5. The Balaban J connectivity index is 2.33. The van der Waals surface area contributed by atoms with Crippen molar-refractivity contribution in [1.29, 1.82) is 0 Å². The van der Waals surface area contributed by atoms with Crippen molar-refractivity contribution in [1.82, 2.24) is 0 Å². The summed E-state index contributed by atoms with van der Waals surface area (Å²) < 4.78 is 10.1. The van der Waals surface area contributed by atoms with Gasteiger partial charge in [0.1, 0.15) is 5.75 Å². The molecule has 0 atom stereocenters. The molecular weight excluding hydrogens is 318 g/mol. The lowest BCUT2D eigenvalue weighted by molar-refractivity contribution is 0.0527. The summed E-state index contributed by atoms with van der Waals surface area (Å²) in [7, 11) is 1.48. The second-order valence-electron chi connectivity index (χ2n) is 4.56. The van der Waals surface area contributed by atoms with Crippen LogP contribution in [0.3, 0.4) is 0 Å². The molecule has 0 aliphatic rings. The number of amides is 1. The Kier molecular flexibility index (Phi) is 5.60. The average Bonchev–Trinajstić information content (AvgIpc) is 2.55. The van der Waals surface area contributed by atoms with Gasteiger partial charge in [0.05, 0.1) is 30.5 Å². The molecule has 2 rings (SSSR count). The first-order valence-corrected chi connectivity index (χ1v) is 7.35. The minimum absolute atomic E-state index is 0.236. The van der Waals surface area contributed by atoms with E-state index in [0.717, 1.165) is 0 Å². The Morgan fingerprint density at radius 1 is 1.13 bits per heavy atom. The fourth-order valence-electron chi connectivity index (χ4n) is 2.03. The molecule has 0 fully saturated rings. The number of carbonyl (C=O) groups is 2. The topological polar surface area (TPSA) is 64.6 Å². The monoisotopic (exact) mass is 333 g/mol. The van der Waals surface area contributed by atoms with Gasteiger partial charge in [-0.05, 0) is 37.3 Å². The lowest BCUT2D eigenvalue weighted by atomic mass is 10.1. The number of para-hydroxylation sites is 1. The van der Waals surface area contributed by atoms with Crippen LogP contribution in [-0.2, 0) is 4.74 Å². The molecule has 0 radical (unpaired) electrons. The van der Waals surface area contributed by atoms with E-state index in [-0.39, 0.29) is 17.9 Å². The maximum absolute atomic E-state index is 12.5. The summed E-state index contributed by atoms with van der Waals surface area (Å²) in [6, 6.07) is 11.4. The minimum Gasteiger partial charge on any atom is -0.496 e. The highest BCUT2D eigenvalue weighted by Gasteiger charge is 2.17. The molecule has 0 heterocycles. The molecule has 6 heteroatoms. The van der Waals surface area contributed by atoms with E-state index < -0.39 is 11.9 Å². The molecule has 23 heavy (non-hydrogen) atoms. The van der Waals surface area contributed by atoms with E-state index in [0.29, 0.717) is 16.3 Å². The third-order valence-corrected chi connectivity index (χ3v) is 3.31. The van der Waals surface area contributed by atoms with Crippen LogP contribution in [0, 0.1) is 0 Å². The molecule has 1 N–H and O–H groups in total. The fraction of sp³-hybridized carbons (Fsp3) is 0.176. The van der Waals surface area contributed by atoms with Crippen molar-refractivity contribution in [2.24, 2.45) is 0 Å². The van der Waals surface area contributed by atoms with Gasteiger partial charge in [0.25, 0.3) is 5.91 Å². The molecule has 0 saturated heterocycles. The summed E-state index contributed by atoms with van der Waals surface area (Å²) in [4.78, 5) is 24.4. The molecule has 0 spiro atoms. The predicted molar refractivity (Wildman–Crippen MR) is 88.4 cm³/mol. The second kappa shape index (κ2) is 7.65. The summed E-state index contributed by atoms with van der Waals surface area (Å²) in [6.45, 7) is 1.95. The first kappa shape index (κ1) is 16.8. The molecule has 120 valence electrons. The smallest absolute Gasteiger partial charge is 0.340 e. The van der Waals surface area contributed by atoms with Crippen LogP contribution in [0.4, 0.5) is 5.69 Å². The summed E-state index contributed by atoms with van der Waals surface area (Å²) in [6.07, 6.45) is 0. The van der Waals surface area contributed by atoms with Crippen molar-refractivity contribution in [3.63, 3.8) is 0 Å². The number of nitrogens with one attached hydrogen (secondary N) is 1. The van der Waals surface area contributed by atoms with E-state index >= 15 is 0 Å². The van der Waals surface area contributed by atoms with E-state index in [4.69, 9.17) is 21.1 Å². The van der Waals surface area contributed by atoms with Gasteiger partial charge < -0.3 is 14.8 Å². The predicted octanol–water partition coefficient (Wildman–Crippen LogP) is 3.78. The Morgan fingerprint density at radius 2 is 1.87 bits per heavy atom. The number of esters is 1. The zero-order chi connectivity index (χ0) is 16.8. The second-order valence-corrected chi connectivity index (χ2v) is 5.00. The molecule has 0 aromatic heterocycles. The molecule has 5 nitrogen and oxygen atoms in total. The molecule has 0 bridgehead atoms. The highest BCUT2D eigenvalue weighted by atomic mass is 35.5. The molecule has 1 amide bonds. The van der Waals surface area contributed by atoms with Crippen LogP contribution in [-0.4, -0.2) is 25.6 Å². The highest BCUT2D eigenvalue weighted by molar-refractivity contribution is 6.31. The lowest BCUT2D eigenvalue weighted by Crippen LogP contribution is -2.16. The van der Waals surface area contributed by atoms with Gasteiger partial charge in [-0.1, -0.05) is 23.7 Å². The van der Waals surface area contributed by atoms with Gasteiger partial charge in [-0.2, -0.15) is 0 Å². The number of ether oxygens (including phenoxy) is 2. The molecule has 0 aliphatic carbocycles. The molecular formula is C17H16ClNO4. The number of rotatable bonds is 5. The number of carbonyl (C=O) groups excluding carboxylic acids is 2. The Hall–Kier alpha value is -2.53. The van der Waals surface area contributed by atoms with Gasteiger partial charge in [0.2, 0.25) is 0 Å². The number of hydrogen-bond donors (Lipinski definition) is 1. The summed E-state index contributed by atoms with van der Waals surface area (Å²) in [5.74, 6) is -0.500. The van der Waals surface area contributed by atoms with E-state index in [1.54, 1.807) is 37.3 Å². The van der Waals surface area contributed by atoms with Crippen LogP contribution in [0.1, 0.15) is 27.6 Å². The first-order chi connectivity index (χ1) is 11.1. The van der Waals surface area contributed by atoms with Crippen molar-refractivity contribution >= 4 is 29.2 Å². The largest absolute Gasteiger partial charge is 0.496 e. The SMILES string of the molecule is CCOC(=O)c1ccc(Cl)cc1NC(=O)c1ccccc1OC. The zero-order valence-electron chi connectivity index (χ0n) is 12.8. The van der Waals surface area contributed by atoms with Crippen LogP contribution in [0.15, 0.2) is 42.5 Å². The van der Waals surface area contributed by atoms with Gasteiger partial charge >= 0.3 is 5.97 Å². The summed E-state index contributed by atoms with van der Waals surface area (Å²) in [5, 5.41) is 3.07. The van der Waals surface area contributed by atoms with E-state index in [9.17, 15) is 9.59 Å². The van der Waals surface area contributed by atoms with Crippen molar-refractivity contribution < 1.29 is 19.1 Å².